The van der Waals surface area contributed by atoms with Crippen molar-refractivity contribution in [3.63, 3.8) is 0 Å². The summed E-state index contributed by atoms with van der Waals surface area (Å²) < 4.78 is 4.84. The minimum Gasteiger partial charge on any atom is -0.459 e. The van der Waals surface area contributed by atoms with Crippen molar-refractivity contribution in [1.29, 1.82) is 0 Å². The Morgan fingerprint density at radius 3 is 2.40 bits per heavy atom. The first-order chi connectivity index (χ1) is 4.57. The first-order valence-electron chi connectivity index (χ1n) is 3.24. The molecule has 0 aromatic heterocycles. The van der Waals surface area contributed by atoms with Gasteiger partial charge in [-0.25, -0.2) is 4.79 Å². The molecule has 0 rings (SSSR count). The number of esters is 1. The summed E-state index contributed by atoms with van der Waals surface area (Å²) >= 11 is 0. The van der Waals surface area contributed by atoms with Crippen LogP contribution in [0.4, 0.5) is 0 Å². The molecule has 2 nitrogen and oxygen atoms in total. The summed E-state index contributed by atoms with van der Waals surface area (Å²) in [4.78, 5) is 10.6. The van der Waals surface area contributed by atoms with E-state index in [1.54, 1.807) is 6.92 Å². The van der Waals surface area contributed by atoms with Crippen LogP contribution in [0.25, 0.3) is 0 Å². The van der Waals surface area contributed by atoms with Gasteiger partial charge in [0.15, 0.2) is 0 Å². The maximum atomic E-state index is 10.6. The Hall–Kier alpha value is -0.790. The molecule has 0 saturated carbocycles. The zero-order valence-corrected chi connectivity index (χ0v) is 6.46. The lowest BCUT2D eigenvalue weighted by Crippen LogP contribution is -2.18. The highest BCUT2D eigenvalue weighted by Gasteiger charge is 2.09. The normalized spacial score (nSPS) is 12.8. The number of ether oxygens (including phenoxy) is 1. The quantitative estimate of drug-likeness (QED) is 0.440. The summed E-state index contributed by atoms with van der Waals surface area (Å²) in [5.74, 6) is -0.271. The Kier molecular flexibility index (Phi) is 3.77. The monoisotopic (exact) mass is 141 g/mol. The predicted molar refractivity (Wildman–Crippen MR) is 40.3 cm³/mol. The van der Waals surface area contributed by atoms with Crippen LogP contribution in [-0.4, -0.2) is 12.1 Å². The van der Waals surface area contributed by atoms with Crippen molar-refractivity contribution in [2.24, 2.45) is 5.92 Å². The smallest absolute Gasteiger partial charge is 0.330 e. The van der Waals surface area contributed by atoms with Gasteiger partial charge in [0.25, 0.3) is 0 Å². The molecule has 0 aromatic carbocycles. The van der Waals surface area contributed by atoms with E-state index in [0.717, 1.165) is 6.08 Å². The van der Waals surface area contributed by atoms with Crippen LogP contribution in [0.15, 0.2) is 12.7 Å². The van der Waals surface area contributed by atoms with Crippen LogP contribution in [0.1, 0.15) is 13.8 Å². The van der Waals surface area contributed by atoms with Crippen molar-refractivity contribution in [3.05, 3.63) is 19.6 Å². The van der Waals surface area contributed by atoms with Gasteiger partial charge >= 0.3 is 5.97 Å². The molecule has 0 bridgehead atoms. The number of hydrogen-bond acceptors (Lipinski definition) is 2. The molecule has 0 amide bonds. The van der Waals surface area contributed by atoms with Gasteiger partial charge in [-0.05, 0) is 19.8 Å². The fraction of sp³-hybridized carbons (Fsp3) is 0.500. The van der Waals surface area contributed by atoms with Crippen molar-refractivity contribution in [3.8, 4) is 0 Å². The predicted octanol–water partition coefficient (Wildman–Crippen LogP) is 1.57. The van der Waals surface area contributed by atoms with E-state index in [0.29, 0.717) is 0 Å². The minimum atomic E-state index is -0.386. The molecule has 0 heterocycles. The first-order valence-corrected chi connectivity index (χ1v) is 3.24. The Morgan fingerprint density at radius 2 is 2.10 bits per heavy atom. The second-order valence-corrected chi connectivity index (χ2v) is 2.32. The fourth-order valence-electron chi connectivity index (χ4n) is 0.347. The van der Waals surface area contributed by atoms with Crippen LogP contribution >= 0.6 is 0 Å². The Morgan fingerprint density at radius 1 is 1.60 bits per heavy atom. The summed E-state index contributed by atoms with van der Waals surface area (Å²) in [6.07, 6.45) is 1.02. The minimum absolute atomic E-state index is 0.115. The molecule has 0 fully saturated rings. The van der Waals surface area contributed by atoms with Crippen LogP contribution < -0.4 is 0 Å². The molecule has 0 aliphatic rings. The highest BCUT2D eigenvalue weighted by molar-refractivity contribution is 5.81. The average molecular weight is 141 g/mol. The Labute approximate surface area is 61.9 Å². The topological polar surface area (TPSA) is 26.3 Å². The second-order valence-electron chi connectivity index (χ2n) is 2.32. The van der Waals surface area contributed by atoms with E-state index in [1.165, 1.54) is 0 Å². The second kappa shape index (κ2) is 4.09. The maximum absolute atomic E-state index is 10.6. The molecule has 0 N–H and O–H groups in total. The molecule has 0 aromatic rings. The largest absolute Gasteiger partial charge is 0.459 e. The van der Waals surface area contributed by atoms with Crippen LogP contribution in [0.3, 0.4) is 0 Å². The molecule has 57 valence electrons. The lowest BCUT2D eigenvalue weighted by molar-refractivity contribution is -0.143. The van der Waals surface area contributed by atoms with Gasteiger partial charge in [-0.15, -0.1) is 0 Å². The van der Waals surface area contributed by atoms with E-state index < -0.39 is 0 Å². The molecule has 0 spiro atoms. The van der Waals surface area contributed by atoms with Gasteiger partial charge in [-0.1, -0.05) is 13.5 Å². The van der Waals surface area contributed by atoms with E-state index in [2.05, 4.69) is 13.5 Å². The molecule has 0 aliphatic carbocycles. The van der Waals surface area contributed by atoms with Crippen molar-refractivity contribution in [1.82, 2.24) is 0 Å². The van der Waals surface area contributed by atoms with Gasteiger partial charge in [-0.2, -0.15) is 0 Å². The SMILES string of the molecule is [CH2]C(C)C(C)OC(=O)C=C. The maximum Gasteiger partial charge on any atom is 0.330 e. The number of rotatable bonds is 3. The fourth-order valence-corrected chi connectivity index (χ4v) is 0.347. The van der Waals surface area contributed by atoms with Gasteiger partial charge in [0.05, 0.1) is 0 Å². The summed E-state index contributed by atoms with van der Waals surface area (Å²) in [6, 6.07) is 0. The van der Waals surface area contributed by atoms with Crippen molar-refractivity contribution in [2.75, 3.05) is 0 Å². The van der Waals surface area contributed by atoms with Gasteiger partial charge in [0, 0.05) is 6.08 Å². The third kappa shape index (κ3) is 3.28. The van der Waals surface area contributed by atoms with Gasteiger partial charge < -0.3 is 4.74 Å². The molecular weight excluding hydrogens is 128 g/mol. The Bertz CT molecular complexity index is 127. The van der Waals surface area contributed by atoms with Gasteiger partial charge in [-0.3, -0.25) is 0 Å². The van der Waals surface area contributed by atoms with Crippen molar-refractivity contribution >= 4 is 5.97 Å². The van der Waals surface area contributed by atoms with E-state index in [1.807, 2.05) is 6.92 Å². The molecule has 2 unspecified atom stereocenters. The lowest BCUT2D eigenvalue weighted by atomic mass is 10.1. The van der Waals surface area contributed by atoms with E-state index in [9.17, 15) is 4.79 Å². The zero-order valence-electron chi connectivity index (χ0n) is 6.46. The van der Waals surface area contributed by atoms with Crippen LogP contribution in [0, 0.1) is 12.8 Å². The summed E-state index contributed by atoms with van der Waals surface area (Å²) in [6.45, 7) is 10.7. The van der Waals surface area contributed by atoms with E-state index in [-0.39, 0.29) is 18.0 Å². The molecule has 1 radical (unpaired) electrons. The standard InChI is InChI=1S/C8H13O2/c1-5-8(9)10-7(4)6(2)3/h5-7H,1-2H2,3-4H3. The highest BCUT2D eigenvalue weighted by Crippen LogP contribution is 2.04. The number of hydrogen-bond donors (Lipinski definition) is 0. The molecule has 10 heavy (non-hydrogen) atoms. The highest BCUT2D eigenvalue weighted by atomic mass is 16.5. The summed E-state index contributed by atoms with van der Waals surface area (Å²) in [5.41, 5.74) is 0. The molecule has 0 aliphatic heterocycles. The third-order valence-electron chi connectivity index (χ3n) is 1.27. The van der Waals surface area contributed by atoms with E-state index in [4.69, 9.17) is 4.74 Å². The van der Waals surface area contributed by atoms with E-state index >= 15 is 0 Å². The summed E-state index contributed by atoms with van der Waals surface area (Å²) in [7, 11) is 0. The molecule has 0 saturated heterocycles. The number of carbonyl (C=O) groups is 1. The first kappa shape index (κ1) is 9.21. The third-order valence-corrected chi connectivity index (χ3v) is 1.27. The van der Waals surface area contributed by atoms with Crippen LogP contribution in [0.2, 0.25) is 0 Å². The van der Waals surface area contributed by atoms with Gasteiger partial charge in [0.2, 0.25) is 0 Å². The Balaban J connectivity index is 3.67. The van der Waals surface area contributed by atoms with Crippen LogP contribution in [-0.2, 0) is 9.53 Å². The zero-order chi connectivity index (χ0) is 8.15. The average Bonchev–Trinajstić information content (AvgIpc) is 1.87. The lowest BCUT2D eigenvalue weighted by Gasteiger charge is -2.14. The molecular formula is C8H13O2. The molecule has 2 heteroatoms. The van der Waals surface area contributed by atoms with Gasteiger partial charge in [0.1, 0.15) is 6.10 Å². The summed E-state index contributed by atoms with van der Waals surface area (Å²) in [5, 5.41) is 0. The van der Waals surface area contributed by atoms with Crippen molar-refractivity contribution < 1.29 is 9.53 Å². The number of carbonyl (C=O) groups excluding carboxylic acids is 1. The van der Waals surface area contributed by atoms with Crippen LogP contribution in [0.5, 0.6) is 0 Å². The molecule has 2 atom stereocenters. The van der Waals surface area contributed by atoms with Crippen molar-refractivity contribution in [2.45, 2.75) is 20.0 Å².